The van der Waals surface area contributed by atoms with E-state index in [1.807, 2.05) is 0 Å². The van der Waals surface area contributed by atoms with Gasteiger partial charge in [-0.05, 0) is 6.92 Å². The normalized spacial score (nSPS) is 28.4. The Morgan fingerprint density at radius 3 is 2.65 bits per heavy atom. The van der Waals surface area contributed by atoms with Gasteiger partial charge in [0.1, 0.15) is 24.6 Å². The largest absolute Gasteiger partial charge is 0.394 e. The van der Waals surface area contributed by atoms with Crippen molar-refractivity contribution in [1.29, 1.82) is 0 Å². The Bertz CT molecular complexity index is 742. The third-order valence-corrected chi connectivity index (χ3v) is 4.14. The Hall–Kier alpha value is -1.93. The van der Waals surface area contributed by atoms with Crippen LogP contribution in [0.2, 0.25) is 0 Å². The number of nitrogens with one attached hydrogen (secondary N) is 2. The summed E-state index contributed by atoms with van der Waals surface area (Å²) in [7, 11) is 0. The maximum absolute atomic E-state index is 10.2. The Morgan fingerprint density at radius 1 is 1.23 bits per heavy atom. The minimum Gasteiger partial charge on any atom is -0.394 e. The molecule has 0 spiro atoms. The van der Waals surface area contributed by atoms with Crippen molar-refractivity contribution in [3.63, 3.8) is 0 Å². The molecular weight excluding hydrogens is 348 g/mol. The fourth-order valence-electron chi connectivity index (χ4n) is 2.76. The van der Waals surface area contributed by atoms with E-state index < -0.39 is 36.7 Å². The Kier molecular flexibility index (Phi) is 5.62. The van der Waals surface area contributed by atoms with E-state index in [2.05, 4.69) is 25.8 Å². The molecule has 144 valence electrons. The third kappa shape index (κ3) is 3.48. The SMILES string of the molecule is CC(O)[C@H]1O[C@@H](n2cnc3c(NNCC(O)CO)ncnc32)[C@H](O)[C@@H]1O. The molecule has 12 nitrogen and oxygen atoms in total. The van der Waals surface area contributed by atoms with Crippen LogP contribution in [0.4, 0.5) is 5.82 Å². The number of aliphatic hydroxyl groups is 5. The number of anilines is 1. The molecule has 3 heterocycles. The Balaban J connectivity index is 1.82. The van der Waals surface area contributed by atoms with Crippen molar-refractivity contribution in [2.45, 2.75) is 43.7 Å². The Labute approximate surface area is 148 Å². The molecule has 12 heteroatoms. The molecule has 0 aliphatic carbocycles. The second-order valence-electron chi connectivity index (χ2n) is 6.10. The van der Waals surface area contributed by atoms with Crippen LogP contribution < -0.4 is 10.9 Å². The maximum Gasteiger partial charge on any atom is 0.171 e. The lowest BCUT2D eigenvalue weighted by Crippen LogP contribution is -2.37. The molecule has 2 aromatic heterocycles. The fourth-order valence-corrected chi connectivity index (χ4v) is 2.76. The molecule has 26 heavy (non-hydrogen) atoms. The number of ether oxygens (including phenoxy) is 1. The number of hydrazine groups is 1. The minimum absolute atomic E-state index is 0.0788. The second-order valence-corrected chi connectivity index (χ2v) is 6.10. The summed E-state index contributed by atoms with van der Waals surface area (Å²) in [6.07, 6.45) is -3.66. The summed E-state index contributed by atoms with van der Waals surface area (Å²) >= 11 is 0. The van der Waals surface area contributed by atoms with Crippen molar-refractivity contribution in [2.24, 2.45) is 0 Å². The van der Waals surface area contributed by atoms with Crippen LogP contribution in [0.3, 0.4) is 0 Å². The predicted molar refractivity (Wildman–Crippen MR) is 87.6 cm³/mol. The minimum atomic E-state index is -1.27. The van der Waals surface area contributed by atoms with Gasteiger partial charge in [-0.3, -0.25) is 4.57 Å². The number of hydrogen-bond donors (Lipinski definition) is 7. The van der Waals surface area contributed by atoms with Gasteiger partial charge in [-0.1, -0.05) is 0 Å². The van der Waals surface area contributed by atoms with Gasteiger partial charge in [0.2, 0.25) is 0 Å². The standard InChI is InChI=1S/C14H22N6O6/c1-6(22)11-9(24)10(25)14(26-11)20-5-17-8-12(15-4-16-13(8)20)19-18-2-7(23)3-21/h4-7,9-11,14,18,21-25H,2-3H2,1H3,(H,15,16,19)/t6?,7?,9-,10+,11+,14+/m0/s1. The molecule has 0 radical (unpaired) electrons. The first-order chi connectivity index (χ1) is 12.4. The summed E-state index contributed by atoms with van der Waals surface area (Å²) in [6.45, 7) is 1.16. The number of nitrogens with zero attached hydrogens (tertiary/aromatic N) is 4. The first-order valence-corrected chi connectivity index (χ1v) is 8.09. The van der Waals surface area contributed by atoms with Crippen LogP contribution >= 0.6 is 0 Å². The quantitative estimate of drug-likeness (QED) is 0.249. The molecule has 7 N–H and O–H groups in total. The molecular formula is C14H22N6O6. The van der Waals surface area contributed by atoms with E-state index in [4.69, 9.17) is 9.84 Å². The van der Waals surface area contributed by atoms with Crippen molar-refractivity contribution in [2.75, 3.05) is 18.6 Å². The van der Waals surface area contributed by atoms with Gasteiger partial charge in [0.25, 0.3) is 0 Å². The van der Waals surface area contributed by atoms with Crippen molar-refractivity contribution in [3.8, 4) is 0 Å². The lowest BCUT2D eigenvalue weighted by atomic mass is 10.1. The molecule has 1 saturated heterocycles. The molecule has 0 saturated carbocycles. The van der Waals surface area contributed by atoms with Crippen LogP contribution in [0.5, 0.6) is 0 Å². The summed E-state index contributed by atoms with van der Waals surface area (Å²) < 4.78 is 7.03. The zero-order valence-electron chi connectivity index (χ0n) is 14.0. The smallest absolute Gasteiger partial charge is 0.171 e. The number of fused-ring (bicyclic) bond motifs is 1. The summed E-state index contributed by atoms with van der Waals surface area (Å²) in [6, 6.07) is 0. The maximum atomic E-state index is 10.2. The number of aromatic nitrogens is 4. The molecule has 1 aliphatic heterocycles. The van der Waals surface area contributed by atoms with E-state index in [-0.39, 0.29) is 13.2 Å². The molecule has 1 aliphatic rings. The monoisotopic (exact) mass is 370 g/mol. The predicted octanol–water partition coefficient (Wildman–Crippen LogP) is -2.90. The van der Waals surface area contributed by atoms with Gasteiger partial charge in [-0.15, -0.1) is 0 Å². The fraction of sp³-hybridized carbons (Fsp3) is 0.643. The van der Waals surface area contributed by atoms with Gasteiger partial charge in [0, 0.05) is 6.54 Å². The van der Waals surface area contributed by atoms with E-state index in [1.54, 1.807) is 0 Å². The first kappa shape index (κ1) is 18.8. The van der Waals surface area contributed by atoms with Crippen molar-refractivity contribution >= 4 is 17.0 Å². The third-order valence-electron chi connectivity index (χ3n) is 4.14. The topological polar surface area (TPSA) is 178 Å². The highest BCUT2D eigenvalue weighted by atomic mass is 16.6. The number of imidazole rings is 1. The molecule has 1 fully saturated rings. The molecule has 3 rings (SSSR count). The van der Waals surface area contributed by atoms with Crippen LogP contribution in [-0.4, -0.2) is 88.7 Å². The summed E-state index contributed by atoms with van der Waals surface area (Å²) in [4.78, 5) is 12.4. The van der Waals surface area contributed by atoms with Crippen LogP contribution in [0.15, 0.2) is 12.7 Å². The van der Waals surface area contributed by atoms with E-state index in [0.29, 0.717) is 17.0 Å². The molecule has 2 aromatic rings. The van der Waals surface area contributed by atoms with Crippen molar-refractivity contribution in [3.05, 3.63) is 12.7 Å². The lowest BCUT2D eigenvalue weighted by Gasteiger charge is -2.17. The highest BCUT2D eigenvalue weighted by molar-refractivity contribution is 5.82. The Morgan fingerprint density at radius 2 is 2.00 bits per heavy atom. The zero-order chi connectivity index (χ0) is 18.8. The lowest BCUT2D eigenvalue weighted by molar-refractivity contribution is -0.0777. The second kappa shape index (κ2) is 7.75. The van der Waals surface area contributed by atoms with E-state index >= 15 is 0 Å². The average Bonchev–Trinajstić information content (AvgIpc) is 3.17. The molecule has 0 aromatic carbocycles. The van der Waals surface area contributed by atoms with Gasteiger partial charge in [-0.2, -0.15) is 0 Å². The first-order valence-electron chi connectivity index (χ1n) is 8.09. The highest BCUT2D eigenvalue weighted by Gasteiger charge is 2.46. The van der Waals surface area contributed by atoms with Crippen LogP contribution in [0.1, 0.15) is 13.2 Å². The molecule has 6 atom stereocenters. The summed E-state index contributed by atoms with van der Waals surface area (Å²) in [5, 5.41) is 48.1. The van der Waals surface area contributed by atoms with Crippen LogP contribution in [-0.2, 0) is 4.74 Å². The number of hydrogen-bond acceptors (Lipinski definition) is 11. The number of aliphatic hydroxyl groups excluding tert-OH is 5. The van der Waals surface area contributed by atoms with Crippen molar-refractivity contribution < 1.29 is 30.3 Å². The van der Waals surface area contributed by atoms with Crippen LogP contribution in [0, 0.1) is 0 Å². The van der Waals surface area contributed by atoms with Gasteiger partial charge in [-0.25, -0.2) is 20.4 Å². The molecule has 0 bridgehead atoms. The van der Waals surface area contributed by atoms with Crippen LogP contribution in [0.25, 0.3) is 11.2 Å². The van der Waals surface area contributed by atoms with Crippen molar-refractivity contribution in [1.82, 2.24) is 24.9 Å². The summed E-state index contributed by atoms with van der Waals surface area (Å²) in [5.74, 6) is 0.319. The summed E-state index contributed by atoms with van der Waals surface area (Å²) in [5.41, 5.74) is 6.18. The molecule has 2 unspecified atom stereocenters. The van der Waals surface area contributed by atoms with E-state index in [1.165, 1.54) is 24.1 Å². The van der Waals surface area contributed by atoms with Gasteiger partial charge in [0.15, 0.2) is 23.2 Å². The van der Waals surface area contributed by atoms with Gasteiger partial charge >= 0.3 is 0 Å². The van der Waals surface area contributed by atoms with E-state index in [0.717, 1.165) is 0 Å². The van der Waals surface area contributed by atoms with Gasteiger partial charge in [0.05, 0.1) is 25.1 Å². The molecule has 0 amide bonds. The van der Waals surface area contributed by atoms with E-state index in [9.17, 15) is 20.4 Å². The average molecular weight is 370 g/mol. The van der Waals surface area contributed by atoms with Gasteiger partial charge < -0.3 is 35.7 Å². The number of rotatable bonds is 7. The highest BCUT2D eigenvalue weighted by Crippen LogP contribution is 2.33. The zero-order valence-corrected chi connectivity index (χ0v) is 14.0.